The zero-order chi connectivity index (χ0) is 15.1. The van der Waals surface area contributed by atoms with Gasteiger partial charge in [0.1, 0.15) is 0 Å². The van der Waals surface area contributed by atoms with E-state index in [1.807, 2.05) is 45.0 Å². The van der Waals surface area contributed by atoms with Crippen LogP contribution in [0.1, 0.15) is 51.6 Å². The van der Waals surface area contributed by atoms with Crippen molar-refractivity contribution in [2.24, 2.45) is 11.7 Å². The van der Waals surface area contributed by atoms with Crippen molar-refractivity contribution < 1.29 is 4.79 Å². The van der Waals surface area contributed by atoms with Crippen molar-refractivity contribution in [2.75, 3.05) is 0 Å². The van der Waals surface area contributed by atoms with E-state index in [2.05, 4.69) is 5.32 Å². The molecule has 0 spiro atoms. The lowest BCUT2D eigenvalue weighted by Crippen LogP contribution is -2.31. The van der Waals surface area contributed by atoms with Crippen LogP contribution in [0.5, 0.6) is 0 Å². The van der Waals surface area contributed by atoms with Crippen molar-refractivity contribution in [3.8, 4) is 0 Å². The highest BCUT2D eigenvalue weighted by Crippen LogP contribution is 2.17. The van der Waals surface area contributed by atoms with Gasteiger partial charge in [0, 0.05) is 17.0 Å². The number of benzene rings is 1. The summed E-state index contributed by atoms with van der Waals surface area (Å²) in [5, 5.41) is 3.75. The Hall–Kier alpha value is -1.06. The minimum Gasteiger partial charge on any atom is -0.349 e. The summed E-state index contributed by atoms with van der Waals surface area (Å²) in [6.07, 6.45) is 2.83. The van der Waals surface area contributed by atoms with E-state index in [4.69, 9.17) is 17.3 Å². The first-order chi connectivity index (χ1) is 9.40. The molecule has 3 atom stereocenters. The molecule has 1 rings (SSSR count). The molecule has 20 heavy (non-hydrogen) atoms. The van der Waals surface area contributed by atoms with Crippen LogP contribution in [-0.4, -0.2) is 11.9 Å². The molecule has 1 aromatic carbocycles. The lowest BCUT2D eigenvalue weighted by atomic mass is 10.0. The molecule has 0 heterocycles. The molecule has 0 aromatic heterocycles. The van der Waals surface area contributed by atoms with Crippen LogP contribution in [0, 0.1) is 5.92 Å². The van der Waals surface area contributed by atoms with Gasteiger partial charge in [0.15, 0.2) is 0 Å². The van der Waals surface area contributed by atoms with Crippen LogP contribution < -0.4 is 11.1 Å². The quantitative estimate of drug-likeness (QED) is 0.806. The fraction of sp³-hybridized carbons (Fsp3) is 0.562. The molecule has 3 nitrogen and oxygen atoms in total. The Labute approximate surface area is 126 Å². The first-order valence-corrected chi connectivity index (χ1v) is 7.59. The van der Waals surface area contributed by atoms with Gasteiger partial charge in [-0.2, -0.15) is 0 Å². The van der Waals surface area contributed by atoms with Gasteiger partial charge in [-0.1, -0.05) is 37.1 Å². The van der Waals surface area contributed by atoms with Gasteiger partial charge >= 0.3 is 0 Å². The third-order valence-corrected chi connectivity index (χ3v) is 3.72. The average Bonchev–Trinajstić information content (AvgIpc) is 2.38. The number of amides is 1. The molecular weight excluding hydrogens is 272 g/mol. The van der Waals surface area contributed by atoms with E-state index in [0.717, 1.165) is 24.8 Å². The second-order valence-corrected chi connectivity index (χ2v) is 6.03. The fourth-order valence-electron chi connectivity index (χ4n) is 2.07. The van der Waals surface area contributed by atoms with E-state index in [1.54, 1.807) is 0 Å². The maximum absolute atomic E-state index is 12.1. The molecular formula is C16H25ClN2O. The SMILES string of the molecule is CC(N)CCCC(C)C(=O)NC(C)c1ccc(Cl)cc1. The van der Waals surface area contributed by atoms with Crippen molar-refractivity contribution in [3.63, 3.8) is 0 Å². The summed E-state index contributed by atoms with van der Waals surface area (Å²) in [5.41, 5.74) is 6.77. The van der Waals surface area contributed by atoms with Crippen molar-refractivity contribution in [1.82, 2.24) is 5.32 Å². The van der Waals surface area contributed by atoms with Gasteiger partial charge in [0.25, 0.3) is 0 Å². The molecule has 0 fully saturated rings. The smallest absolute Gasteiger partial charge is 0.223 e. The largest absolute Gasteiger partial charge is 0.349 e. The Morgan fingerprint density at radius 2 is 1.80 bits per heavy atom. The van der Waals surface area contributed by atoms with Crippen molar-refractivity contribution in [2.45, 2.75) is 52.1 Å². The van der Waals surface area contributed by atoms with Crippen LogP contribution in [0.3, 0.4) is 0 Å². The number of hydrogen-bond acceptors (Lipinski definition) is 2. The monoisotopic (exact) mass is 296 g/mol. The highest BCUT2D eigenvalue weighted by molar-refractivity contribution is 6.30. The second kappa shape index (κ2) is 8.28. The number of halogens is 1. The molecule has 0 saturated heterocycles. The molecule has 112 valence electrons. The summed E-state index contributed by atoms with van der Waals surface area (Å²) < 4.78 is 0. The Bertz CT molecular complexity index is 417. The van der Waals surface area contributed by atoms with Crippen LogP contribution in [0.4, 0.5) is 0 Å². The molecule has 0 radical (unpaired) electrons. The van der Waals surface area contributed by atoms with E-state index in [1.165, 1.54) is 0 Å². The Balaban J connectivity index is 2.42. The van der Waals surface area contributed by atoms with E-state index < -0.39 is 0 Å². The number of hydrogen-bond donors (Lipinski definition) is 2. The van der Waals surface area contributed by atoms with Crippen molar-refractivity contribution >= 4 is 17.5 Å². The first-order valence-electron chi connectivity index (χ1n) is 7.21. The van der Waals surface area contributed by atoms with Crippen molar-refractivity contribution in [1.29, 1.82) is 0 Å². The molecule has 0 saturated carbocycles. The summed E-state index contributed by atoms with van der Waals surface area (Å²) in [4.78, 5) is 12.1. The maximum Gasteiger partial charge on any atom is 0.223 e. The van der Waals surface area contributed by atoms with Crippen LogP contribution in [0.25, 0.3) is 0 Å². The van der Waals surface area contributed by atoms with Gasteiger partial charge in [-0.3, -0.25) is 4.79 Å². The zero-order valence-electron chi connectivity index (χ0n) is 12.5. The third-order valence-electron chi connectivity index (χ3n) is 3.47. The second-order valence-electron chi connectivity index (χ2n) is 5.59. The lowest BCUT2D eigenvalue weighted by Gasteiger charge is -2.18. The van der Waals surface area contributed by atoms with Crippen LogP contribution in [0.2, 0.25) is 5.02 Å². The summed E-state index contributed by atoms with van der Waals surface area (Å²) in [6.45, 7) is 5.94. The fourth-order valence-corrected chi connectivity index (χ4v) is 2.19. The van der Waals surface area contributed by atoms with Crippen LogP contribution in [-0.2, 0) is 4.79 Å². The topological polar surface area (TPSA) is 55.1 Å². The van der Waals surface area contributed by atoms with E-state index >= 15 is 0 Å². The lowest BCUT2D eigenvalue weighted by molar-refractivity contribution is -0.125. The number of nitrogens with one attached hydrogen (secondary N) is 1. The van der Waals surface area contributed by atoms with E-state index in [9.17, 15) is 4.79 Å². The number of rotatable bonds is 7. The van der Waals surface area contributed by atoms with Gasteiger partial charge in [0.05, 0.1) is 6.04 Å². The van der Waals surface area contributed by atoms with Crippen molar-refractivity contribution in [3.05, 3.63) is 34.9 Å². The first kappa shape index (κ1) is 17.0. The van der Waals surface area contributed by atoms with Crippen LogP contribution in [0.15, 0.2) is 24.3 Å². The Morgan fingerprint density at radius 1 is 1.20 bits per heavy atom. The minimum absolute atomic E-state index is 0.00403. The number of carbonyl (C=O) groups is 1. The third kappa shape index (κ3) is 5.93. The summed E-state index contributed by atoms with van der Waals surface area (Å²) in [6, 6.07) is 7.76. The predicted molar refractivity (Wildman–Crippen MR) is 84.7 cm³/mol. The van der Waals surface area contributed by atoms with Gasteiger partial charge < -0.3 is 11.1 Å². The highest BCUT2D eigenvalue weighted by atomic mass is 35.5. The molecule has 0 aliphatic heterocycles. The van der Waals surface area contributed by atoms with E-state index in [-0.39, 0.29) is 23.9 Å². The van der Waals surface area contributed by atoms with Crippen LogP contribution >= 0.6 is 11.6 Å². The maximum atomic E-state index is 12.1. The van der Waals surface area contributed by atoms with Gasteiger partial charge in [-0.25, -0.2) is 0 Å². The molecule has 1 aromatic rings. The molecule has 0 aliphatic carbocycles. The Morgan fingerprint density at radius 3 is 2.35 bits per heavy atom. The van der Waals surface area contributed by atoms with Gasteiger partial charge in [-0.05, 0) is 44.4 Å². The molecule has 0 bridgehead atoms. The average molecular weight is 297 g/mol. The number of nitrogens with two attached hydrogens (primary N) is 1. The van der Waals surface area contributed by atoms with Gasteiger partial charge in [-0.15, -0.1) is 0 Å². The highest BCUT2D eigenvalue weighted by Gasteiger charge is 2.16. The molecule has 1 amide bonds. The molecule has 3 N–H and O–H groups in total. The number of carbonyl (C=O) groups excluding carboxylic acids is 1. The summed E-state index contributed by atoms with van der Waals surface area (Å²) >= 11 is 5.86. The summed E-state index contributed by atoms with van der Waals surface area (Å²) in [5.74, 6) is 0.112. The standard InChI is InChI=1S/C16H25ClN2O/c1-11(5-4-6-12(2)18)16(20)19-13(3)14-7-9-15(17)10-8-14/h7-13H,4-6,18H2,1-3H3,(H,19,20). The van der Waals surface area contributed by atoms with E-state index in [0.29, 0.717) is 5.02 Å². The molecule has 0 aliphatic rings. The van der Waals surface area contributed by atoms with Gasteiger partial charge in [0.2, 0.25) is 5.91 Å². The minimum atomic E-state index is -0.00403. The Kier molecular flexibility index (Phi) is 7.03. The predicted octanol–water partition coefficient (Wildman–Crippen LogP) is 3.67. The normalized spacial score (nSPS) is 15.4. The molecule has 3 unspecified atom stereocenters. The zero-order valence-corrected chi connectivity index (χ0v) is 13.3. The molecule has 4 heteroatoms. The summed E-state index contributed by atoms with van der Waals surface area (Å²) in [7, 11) is 0.